The summed E-state index contributed by atoms with van der Waals surface area (Å²) in [5.74, 6) is 1.65. The minimum absolute atomic E-state index is 0.449. The molecule has 0 bridgehead atoms. The Hall–Kier alpha value is -1.62. The third-order valence-electron chi connectivity index (χ3n) is 1.93. The highest BCUT2D eigenvalue weighted by molar-refractivity contribution is 6.99. The second-order valence-electron chi connectivity index (χ2n) is 3.09. The quantitative estimate of drug-likeness (QED) is 0.800. The topological polar surface area (TPSA) is 44.2 Å². The number of hydrogen-bond acceptors (Lipinski definition) is 5. The first-order valence-electron chi connectivity index (χ1n) is 5.00. The maximum absolute atomic E-state index is 5.53. The highest BCUT2D eigenvalue weighted by Gasteiger charge is 1.99. The summed E-state index contributed by atoms with van der Waals surface area (Å²) in [4.78, 5) is 0. The molecule has 0 radical (unpaired) electrons. The molecular formula is C11H12N2O2S. The molecule has 0 unspecified atom stereocenters. The van der Waals surface area contributed by atoms with Crippen molar-refractivity contribution < 1.29 is 9.47 Å². The highest BCUT2D eigenvalue weighted by atomic mass is 32.1. The Bertz CT molecular complexity index is 414. The number of nitrogens with zero attached hydrogens (tertiary/aromatic N) is 2. The lowest BCUT2D eigenvalue weighted by atomic mass is 10.3. The van der Waals surface area contributed by atoms with Gasteiger partial charge >= 0.3 is 0 Å². The smallest absolute Gasteiger partial charge is 0.133 e. The van der Waals surface area contributed by atoms with Crippen LogP contribution in [0.4, 0.5) is 0 Å². The molecule has 0 saturated heterocycles. The molecule has 84 valence electrons. The maximum atomic E-state index is 5.53. The fourth-order valence-corrected chi connectivity index (χ4v) is 1.62. The SMILES string of the molecule is CCOc1ccc(OCc2cnsn2)cc1. The van der Waals surface area contributed by atoms with E-state index in [1.807, 2.05) is 31.2 Å². The summed E-state index contributed by atoms with van der Waals surface area (Å²) in [7, 11) is 0. The average molecular weight is 236 g/mol. The van der Waals surface area contributed by atoms with Crippen molar-refractivity contribution in [3.05, 3.63) is 36.2 Å². The van der Waals surface area contributed by atoms with Crippen LogP contribution in [0.2, 0.25) is 0 Å². The minimum Gasteiger partial charge on any atom is -0.494 e. The largest absolute Gasteiger partial charge is 0.494 e. The molecule has 0 aliphatic rings. The highest BCUT2D eigenvalue weighted by Crippen LogP contribution is 2.18. The van der Waals surface area contributed by atoms with Gasteiger partial charge in [-0.3, -0.25) is 0 Å². The Morgan fingerprint density at radius 3 is 2.38 bits per heavy atom. The fourth-order valence-electron chi connectivity index (χ4n) is 1.20. The van der Waals surface area contributed by atoms with E-state index < -0.39 is 0 Å². The lowest BCUT2D eigenvalue weighted by molar-refractivity contribution is 0.300. The van der Waals surface area contributed by atoms with Crippen LogP contribution in [0.25, 0.3) is 0 Å². The summed E-state index contributed by atoms with van der Waals surface area (Å²) in [5.41, 5.74) is 0.846. The zero-order valence-electron chi connectivity index (χ0n) is 8.92. The number of aromatic nitrogens is 2. The monoisotopic (exact) mass is 236 g/mol. The van der Waals surface area contributed by atoms with Crippen molar-refractivity contribution in [1.29, 1.82) is 0 Å². The minimum atomic E-state index is 0.449. The van der Waals surface area contributed by atoms with Gasteiger partial charge in [-0.05, 0) is 31.2 Å². The van der Waals surface area contributed by atoms with Crippen LogP contribution in [-0.2, 0) is 6.61 Å². The standard InChI is InChI=1S/C11H12N2O2S/c1-2-14-10-3-5-11(6-4-10)15-8-9-7-12-16-13-9/h3-7H,2,8H2,1H3. The van der Waals surface area contributed by atoms with E-state index in [1.54, 1.807) is 6.20 Å². The predicted molar refractivity (Wildman–Crippen MR) is 61.9 cm³/mol. The van der Waals surface area contributed by atoms with E-state index in [0.29, 0.717) is 13.2 Å². The maximum Gasteiger partial charge on any atom is 0.133 e. The summed E-state index contributed by atoms with van der Waals surface area (Å²) >= 11 is 1.18. The van der Waals surface area contributed by atoms with Gasteiger partial charge in [-0.2, -0.15) is 8.75 Å². The normalized spacial score (nSPS) is 10.1. The molecule has 0 N–H and O–H groups in total. The molecule has 5 heteroatoms. The Morgan fingerprint density at radius 2 is 1.81 bits per heavy atom. The van der Waals surface area contributed by atoms with Crippen LogP contribution in [0, 0.1) is 0 Å². The Morgan fingerprint density at radius 1 is 1.12 bits per heavy atom. The summed E-state index contributed by atoms with van der Waals surface area (Å²) in [6.07, 6.45) is 1.71. The number of rotatable bonds is 5. The van der Waals surface area contributed by atoms with Gasteiger partial charge in [0.15, 0.2) is 0 Å². The molecule has 0 atom stereocenters. The van der Waals surface area contributed by atoms with Gasteiger partial charge in [0.2, 0.25) is 0 Å². The molecule has 1 aromatic carbocycles. The lowest BCUT2D eigenvalue weighted by Crippen LogP contribution is -1.95. The van der Waals surface area contributed by atoms with E-state index in [-0.39, 0.29) is 0 Å². The summed E-state index contributed by atoms with van der Waals surface area (Å²) in [6, 6.07) is 7.53. The molecule has 2 rings (SSSR count). The number of ether oxygens (including phenoxy) is 2. The molecule has 0 aliphatic carbocycles. The van der Waals surface area contributed by atoms with E-state index in [4.69, 9.17) is 9.47 Å². The molecule has 0 saturated carbocycles. The molecule has 2 aromatic rings. The van der Waals surface area contributed by atoms with Crippen molar-refractivity contribution >= 4 is 11.7 Å². The van der Waals surface area contributed by atoms with Crippen LogP contribution in [0.3, 0.4) is 0 Å². The Labute approximate surface area is 98.2 Å². The first-order chi connectivity index (χ1) is 7.88. The summed E-state index contributed by atoms with van der Waals surface area (Å²) in [5, 5.41) is 0. The van der Waals surface area contributed by atoms with Crippen LogP contribution in [0.5, 0.6) is 11.5 Å². The first kappa shape index (κ1) is 10.9. The molecule has 0 amide bonds. The zero-order valence-corrected chi connectivity index (χ0v) is 9.74. The van der Waals surface area contributed by atoms with Crippen LogP contribution in [0.15, 0.2) is 30.5 Å². The Balaban J connectivity index is 1.90. The van der Waals surface area contributed by atoms with Crippen LogP contribution < -0.4 is 9.47 Å². The van der Waals surface area contributed by atoms with Crippen LogP contribution >= 0.6 is 11.7 Å². The van der Waals surface area contributed by atoms with E-state index in [1.165, 1.54) is 11.7 Å². The molecule has 0 aliphatic heterocycles. The van der Waals surface area contributed by atoms with Crippen LogP contribution in [-0.4, -0.2) is 15.4 Å². The van der Waals surface area contributed by atoms with E-state index in [0.717, 1.165) is 17.2 Å². The second-order valence-corrected chi connectivity index (χ2v) is 3.65. The van der Waals surface area contributed by atoms with Gasteiger partial charge in [-0.25, -0.2) is 0 Å². The molecule has 1 aromatic heterocycles. The molecule has 16 heavy (non-hydrogen) atoms. The van der Waals surface area contributed by atoms with E-state index >= 15 is 0 Å². The molecular weight excluding hydrogens is 224 g/mol. The second kappa shape index (κ2) is 5.46. The summed E-state index contributed by atoms with van der Waals surface area (Å²) < 4.78 is 18.8. The lowest BCUT2D eigenvalue weighted by Gasteiger charge is -2.05. The van der Waals surface area contributed by atoms with Crippen LogP contribution in [0.1, 0.15) is 12.6 Å². The van der Waals surface area contributed by atoms with E-state index in [2.05, 4.69) is 8.75 Å². The van der Waals surface area contributed by atoms with Gasteiger partial charge in [-0.15, -0.1) is 0 Å². The number of hydrogen-bond donors (Lipinski definition) is 0. The zero-order chi connectivity index (χ0) is 11.2. The van der Waals surface area contributed by atoms with Crippen molar-refractivity contribution in [3.8, 4) is 11.5 Å². The van der Waals surface area contributed by atoms with Gasteiger partial charge in [-0.1, -0.05) is 0 Å². The van der Waals surface area contributed by atoms with Gasteiger partial charge < -0.3 is 9.47 Å². The molecule has 4 nitrogen and oxygen atoms in total. The fraction of sp³-hybridized carbons (Fsp3) is 0.273. The third-order valence-corrected chi connectivity index (χ3v) is 2.44. The van der Waals surface area contributed by atoms with Gasteiger partial charge in [0.25, 0.3) is 0 Å². The van der Waals surface area contributed by atoms with Gasteiger partial charge in [0, 0.05) is 0 Å². The van der Waals surface area contributed by atoms with Crippen molar-refractivity contribution in [2.45, 2.75) is 13.5 Å². The van der Waals surface area contributed by atoms with Crippen molar-refractivity contribution in [1.82, 2.24) is 8.75 Å². The average Bonchev–Trinajstić information content (AvgIpc) is 2.82. The van der Waals surface area contributed by atoms with Crippen molar-refractivity contribution in [2.75, 3.05) is 6.61 Å². The molecule has 1 heterocycles. The van der Waals surface area contributed by atoms with Crippen molar-refractivity contribution in [3.63, 3.8) is 0 Å². The number of benzene rings is 1. The van der Waals surface area contributed by atoms with Gasteiger partial charge in [0.1, 0.15) is 23.8 Å². The summed E-state index contributed by atoms with van der Waals surface area (Å²) in [6.45, 7) is 3.08. The first-order valence-corrected chi connectivity index (χ1v) is 5.73. The molecule has 0 fully saturated rings. The molecule has 0 spiro atoms. The third kappa shape index (κ3) is 2.93. The van der Waals surface area contributed by atoms with E-state index in [9.17, 15) is 0 Å². The predicted octanol–water partition coefficient (Wildman–Crippen LogP) is 2.52. The van der Waals surface area contributed by atoms with Crippen molar-refractivity contribution in [2.24, 2.45) is 0 Å². The van der Waals surface area contributed by atoms with Gasteiger partial charge in [0.05, 0.1) is 24.5 Å². The Kier molecular flexibility index (Phi) is 3.71.